The highest BCUT2D eigenvalue weighted by molar-refractivity contribution is 6.02. The van der Waals surface area contributed by atoms with Crippen LogP contribution in [0.2, 0.25) is 0 Å². The van der Waals surface area contributed by atoms with Crippen molar-refractivity contribution in [2.24, 2.45) is 0 Å². The third-order valence-electron chi connectivity index (χ3n) is 6.67. The van der Waals surface area contributed by atoms with Gasteiger partial charge in [-0.2, -0.15) is 0 Å². The molecule has 1 N–H and O–H groups in total. The van der Waals surface area contributed by atoms with E-state index in [-0.39, 0.29) is 12.1 Å². The molecule has 0 spiro atoms. The molecule has 192 valence electrons. The molecule has 0 saturated carbocycles. The Labute approximate surface area is 217 Å². The highest BCUT2D eigenvalue weighted by Crippen LogP contribution is 2.41. The number of carbonyl (C=O) groups is 1. The summed E-state index contributed by atoms with van der Waals surface area (Å²) >= 11 is 0. The summed E-state index contributed by atoms with van der Waals surface area (Å²) < 4.78 is 12.0. The van der Waals surface area contributed by atoms with E-state index in [1.165, 1.54) is 5.56 Å². The number of aromatic nitrogens is 3. The van der Waals surface area contributed by atoms with Gasteiger partial charge in [0.2, 0.25) is 0 Å². The summed E-state index contributed by atoms with van der Waals surface area (Å²) in [5.41, 5.74) is 6.61. The molecule has 37 heavy (non-hydrogen) atoms. The van der Waals surface area contributed by atoms with E-state index in [9.17, 15) is 4.79 Å². The van der Waals surface area contributed by atoms with E-state index in [4.69, 9.17) is 14.5 Å². The van der Waals surface area contributed by atoms with Gasteiger partial charge in [-0.25, -0.2) is 4.79 Å². The number of benzene rings is 1. The summed E-state index contributed by atoms with van der Waals surface area (Å²) in [5, 5.41) is 0. The van der Waals surface area contributed by atoms with Gasteiger partial charge in [-0.05, 0) is 69.4 Å². The van der Waals surface area contributed by atoms with Gasteiger partial charge in [0, 0.05) is 30.1 Å². The first-order valence-corrected chi connectivity index (χ1v) is 13.0. The van der Waals surface area contributed by atoms with Crippen molar-refractivity contribution in [1.29, 1.82) is 0 Å². The van der Waals surface area contributed by atoms with E-state index < -0.39 is 5.60 Å². The van der Waals surface area contributed by atoms with Crippen molar-refractivity contribution in [3.8, 4) is 28.1 Å². The molecule has 3 aromatic heterocycles. The molecule has 5 rings (SSSR count). The minimum absolute atomic E-state index is 0.0482. The number of aromatic amines is 1. The van der Waals surface area contributed by atoms with Crippen LogP contribution in [0.25, 0.3) is 33.4 Å². The first kappa shape index (κ1) is 24.8. The quantitative estimate of drug-likeness (QED) is 0.323. The predicted molar refractivity (Wildman–Crippen MR) is 146 cm³/mol. The molecule has 0 unspecified atom stereocenters. The Balaban J connectivity index is 1.48. The molecule has 1 atom stereocenters. The molecule has 1 amide bonds. The van der Waals surface area contributed by atoms with Gasteiger partial charge >= 0.3 is 6.09 Å². The maximum Gasteiger partial charge on any atom is 0.410 e. The molecule has 0 bridgehead atoms. The molecular weight excluding hydrogens is 464 g/mol. The number of H-pyrrole nitrogens is 1. The fraction of sp³-hybridized carbons (Fsp3) is 0.367. The minimum atomic E-state index is -0.531. The summed E-state index contributed by atoms with van der Waals surface area (Å²) in [4.78, 5) is 27.2. The van der Waals surface area contributed by atoms with Crippen LogP contribution in [0.15, 0.2) is 61.1 Å². The molecule has 1 aliphatic heterocycles. The molecule has 1 aliphatic rings. The predicted octanol–water partition coefficient (Wildman–Crippen LogP) is 6.63. The third-order valence-corrected chi connectivity index (χ3v) is 6.67. The second-order valence-corrected chi connectivity index (χ2v) is 10.5. The summed E-state index contributed by atoms with van der Waals surface area (Å²) in [6.45, 7) is 8.86. The van der Waals surface area contributed by atoms with Crippen LogP contribution >= 0.6 is 0 Å². The first-order valence-electron chi connectivity index (χ1n) is 13.0. The molecule has 0 radical (unpaired) electrons. The topological polar surface area (TPSA) is 80.3 Å². The lowest BCUT2D eigenvalue weighted by molar-refractivity contribution is 0.0187. The SMILES string of the molecule is CCc1cccc(-c2c(-c3ccncc3OC[C@@H]3CCCN3C(=O)OC(C)(C)C)[nH]c3cccnc23)c1. The van der Waals surface area contributed by atoms with Gasteiger partial charge in [-0.1, -0.05) is 31.2 Å². The van der Waals surface area contributed by atoms with Crippen LogP contribution in [-0.4, -0.2) is 50.7 Å². The van der Waals surface area contributed by atoms with Crippen LogP contribution in [0, 0.1) is 0 Å². The van der Waals surface area contributed by atoms with Gasteiger partial charge in [0.05, 0.1) is 29.0 Å². The summed E-state index contributed by atoms with van der Waals surface area (Å²) in [6, 6.07) is 14.5. The lowest BCUT2D eigenvalue weighted by Crippen LogP contribution is -2.42. The molecule has 7 heteroatoms. The average Bonchev–Trinajstić information content (AvgIpc) is 3.51. The van der Waals surface area contributed by atoms with Crippen LogP contribution in [0.1, 0.15) is 46.1 Å². The molecule has 1 saturated heterocycles. The van der Waals surface area contributed by atoms with Gasteiger partial charge in [-0.3, -0.25) is 9.97 Å². The largest absolute Gasteiger partial charge is 0.489 e. The number of pyridine rings is 2. The first-order chi connectivity index (χ1) is 17.8. The Kier molecular flexibility index (Phi) is 6.87. The van der Waals surface area contributed by atoms with Crippen LogP contribution in [0.3, 0.4) is 0 Å². The molecule has 4 heterocycles. The number of amides is 1. The Hall–Kier alpha value is -3.87. The number of hydrogen-bond donors (Lipinski definition) is 1. The van der Waals surface area contributed by atoms with E-state index in [2.05, 4.69) is 41.2 Å². The normalized spacial score (nSPS) is 15.8. The Morgan fingerprint density at radius 2 is 2.03 bits per heavy atom. The zero-order valence-electron chi connectivity index (χ0n) is 22.0. The Bertz CT molecular complexity index is 1410. The number of aryl methyl sites for hydroxylation is 1. The third kappa shape index (κ3) is 5.31. The van der Waals surface area contributed by atoms with Crippen molar-refractivity contribution < 1.29 is 14.3 Å². The summed E-state index contributed by atoms with van der Waals surface area (Å²) in [6.07, 6.45) is 7.81. The Morgan fingerprint density at radius 1 is 1.16 bits per heavy atom. The number of rotatable bonds is 6. The number of ether oxygens (including phenoxy) is 2. The van der Waals surface area contributed by atoms with Crippen molar-refractivity contribution in [1.82, 2.24) is 19.9 Å². The maximum atomic E-state index is 12.7. The fourth-order valence-electron chi connectivity index (χ4n) is 4.91. The molecule has 1 aromatic carbocycles. The highest BCUT2D eigenvalue weighted by Gasteiger charge is 2.33. The fourth-order valence-corrected chi connectivity index (χ4v) is 4.91. The standard InChI is InChI=1S/C30H34N4O3/c1-5-20-9-6-10-21(17-20)26-27(33-24-12-7-14-32-28(24)26)23-13-15-31-18-25(23)36-19-22-11-8-16-34(22)29(35)37-30(2,3)4/h6-7,9-10,12-15,17-18,22,33H,5,8,11,16,19H2,1-4H3/t22-/m0/s1. The molecule has 4 aromatic rings. The van der Waals surface area contributed by atoms with Gasteiger partial charge in [-0.15, -0.1) is 0 Å². The second-order valence-electron chi connectivity index (χ2n) is 10.5. The maximum absolute atomic E-state index is 12.7. The van der Waals surface area contributed by atoms with Crippen molar-refractivity contribution >= 4 is 17.1 Å². The van der Waals surface area contributed by atoms with Gasteiger partial charge in [0.25, 0.3) is 0 Å². The molecule has 0 aliphatic carbocycles. The van der Waals surface area contributed by atoms with Crippen LogP contribution in [0.5, 0.6) is 5.75 Å². The average molecular weight is 499 g/mol. The smallest absolute Gasteiger partial charge is 0.410 e. The zero-order valence-corrected chi connectivity index (χ0v) is 22.0. The van der Waals surface area contributed by atoms with E-state index >= 15 is 0 Å². The minimum Gasteiger partial charge on any atom is -0.489 e. The monoisotopic (exact) mass is 498 g/mol. The van der Waals surface area contributed by atoms with Crippen molar-refractivity contribution in [2.45, 2.75) is 58.6 Å². The van der Waals surface area contributed by atoms with E-state index in [0.29, 0.717) is 18.9 Å². The Morgan fingerprint density at radius 3 is 2.84 bits per heavy atom. The van der Waals surface area contributed by atoms with Crippen LogP contribution in [0.4, 0.5) is 4.79 Å². The highest BCUT2D eigenvalue weighted by atomic mass is 16.6. The lowest BCUT2D eigenvalue weighted by Gasteiger charge is -2.28. The molecular formula is C30H34N4O3. The number of hydrogen-bond acceptors (Lipinski definition) is 5. The number of fused-ring (bicyclic) bond motifs is 1. The van der Waals surface area contributed by atoms with Crippen LogP contribution < -0.4 is 4.74 Å². The van der Waals surface area contributed by atoms with Crippen molar-refractivity contribution in [3.05, 3.63) is 66.6 Å². The van der Waals surface area contributed by atoms with Crippen LogP contribution in [-0.2, 0) is 11.2 Å². The zero-order chi connectivity index (χ0) is 26.0. The van der Waals surface area contributed by atoms with E-state index in [1.54, 1.807) is 17.3 Å². The second kappa shape index (κ2) is 10.2. The van der Waals surface area contributed by atoms with E-state index in [0.717, 1.165) is 52.7 Å². The number of nitrogens with zero attached hydrogens (tertiary/aromatic N) is 3. The van der Waals surface area contributed by atoms with Gasteiger partial charge in [0.15, 0.2) is 0 Å². The lowest BCUT2D eigenvalue weighted by atomic mass is 9.98. The van der Waals surface area contributed by atoms with Crippen molar-refractivity contribution in [3.63, 3.8) is 0 Å². The van der Waals surface area contributed by atoms with E-state index in [1.807, 2.05) is 45.2 Å². The van der Waals surface area contributed by atoms with Crippen molar-refractivity contribution in [2.75, 3.05) is 13.2 Å². The summed E-state index contributed by atoms with van der Waals surface area (Å²) in [5.74, 6) is 0.665. The molecule has 7 nitrogen and oxygen atoms in total. The number of nitrogens with one attached hydrogen (secondary N) is 1. The number of likely N-dealkylation sites (tertiary alicyclic amines) is 1. The van der Waals surface area contributed by atoms with Gasteiger partial charge < -0.3 is 19.4 Å². The van der Waals surface area contributed by atoms with Gasteiger partial charge in [0.1, 0.15) is 18.0 Å². The summed E-state index contributed by atoms with van der Waals surface area (Å²) in [7, 11) is 0. The number of carbonyl (C=O) groups excluding carboxylic acids is 1. The molecule has 1 fully saturated rings.